The number of anilines is 1. The summed E-state index contributed by atoms with van der Waals surface area (Å²) >= 11 is 0. The van der Waals surface area contributed by atoms with Crippen LogP contribution in [0.15, 0.2) is 52.0 Å². The summed E-state index contributed by atoms with van der Waals surface area (Å²) in [5.41, 5.74) is 3.02. The van der Waals surface area contributed by atoms with E-state index < -0.39 is 0 Å². The number of hydrogen-bond donors (Lipinski definition) is 3. The molecular formula is C22H27N5O2. The van der Waals surface area contributed by atoms with Gasteiger partial charge in [0.2, 0.25) is 5.91 Å². The Morgan fingerprint density at radius 2 is 1.97 bits per heavy atom. The van der Waals surface area contributed by atoms with Gasteiger partial charge in [0.25, 0.3) is 0 Å². The average Bonchev–Trinajstić information content (AvgIpc) is 3.04. The van der Waals surface area contributed by atoms with Crippen molar-refractivity contribution < 1.29 is 9.21 Å². The maximum atomic E-state index is 12.1. The fourth-order valence-corrected chi connectivity index (χ4v) is 2.91. The number of rotatable bonds is 7. The molecule has 3 N–H and O–H groups in total. The Labute approximate surface area is 170 Å². The Kier molecular flexibility index (Phi) is 6.84. The predicted molar refractivity (Wildman–Crippen MR) is 116 cm³/mol. The van der Waals surface area contributed by atoms with Gasteiger partial charge >= 0.3 is 0 Å². The summed E-state index contributed by atoms with van der Waals surface area (Å²) in [4.78, 5) is 20.9. The zero-order valence-corrected chi connectivity index (χ0v) is 17.1. The molecule has 0 atom stereocenters. The molecule has 0 aliphatic rings. The molecule has 0 saturated carbocycles. The highest BCUT2D eigenvalue weighted by Crippen LogP contribution is 2.25. The third-order valence-electron chi connectivity index (χ3n) is 4.49. The van der Waals surface area contributed by atoms with E-state index in [2.05, 4.69) is 25.9 Å². The van der Waals surface area contributed by atoms with Gasteiger partial charge in [-0.1, -0.05) is 24.3 Å². The van der Waals surface area contributed by atoms with Gasteiger partial charge in [-0.25, -0.2) is 9.98 Å². The zero-order valence-electron chi connectivity index (χ0n) is 17.1. The van der Waals surface area contributed by atoms with Gasteiger partial charge in [0, 0.05) is 36.7 Å². The number of benzene rings is 1. The number of aryl methyl sites for hydroxylation is 2. The standard InChI is InChI=1S/C22H27N5O2/c1-4-23-22(24-12-11-21(28)27-20-10-9-15(2)13-25-20)26-14-19-16(3)17-7-5-6-8-18(17)29-19/h5-10,13H,4,11-12,14H2,1-3H3,(H2,23,24,26)(H,25,27,28). The zero-order chi connectivity index (χ0) is 20.6. The fourth-order valence-electron chi connectivity index (χ4n) is 2.91. The van der Waals surface area contributed by atoms with Gasteiger partial charge in [0.1, 0.15) is 23.7 Å². The van der Waals surface area contributed by atoms with Gasteiger partial charge in [-0.15, -0.1) is 0 Å². The summed E-state index contributed by atoms with van der Waals surface area (Å²) in [5, 5.41) is 10.3. The summed E-state index contributed by atoms with van der Waals surface area (Å²) in [6, 6.07) is 11.7. The molecule has 29 heavy (non-hydrogen) atoms. The van der Waals surface area contributed by atoms with E-state index in [0.29, 0.717) is 31.3 Å². The maximum Gasteiger partial charge on any atom is 0.227 e. The van der Waals surface area contributed by atoms with Crippen molar-refractivity contribution in [2.45, 2.75) is 33.7 Å². The lowest BCUT2D eigenvalue weighted by molar-refractivity contribution is -0.116. The number of carbonyl (C=O) groups is 1. The van der Waals surface area contributed by atoms with Crippen LogP contribution < -0.4 is 16.0 Å². The number of aromatic nitrogens is 1. The molecular weight excluding hydrogens is 366 g/mol. The number of aliphatic imine (C=N–C) groups is 1. The van der Waals surface area contributed by atoms with Crippen molar-refractivity contribution in [1.82, 2.24) is 15.6 Å². The van der Waals surface area contributed by atoms with E-state index in [0.717, 1.165) is 34.4 Å². The van der Waals surface area contributed by atoms with Crippen molar-refractivity contribution in [2.24, 2.45) is 4.99 Å². The number of hydrogen-bond acceptors (Lipinski definition) is 4. The lowest BCUT2D eigenvalue weighted by Gasteiger charge is -2.11. The largest absolute Gasteiger partial charge is 0.459 e. The first-order valence-corrected chi connectivity index (χ1v) is 9.78. The SMILES string of the molecule is CCNC(=NCc1oc2ccccc2c1C)NCCC(=O)Nc1ccc(C)cn1. The smallest absolute Gasteiger partial charge is 0.227 e. The minimum absolute atomic E-state index is 0.0992. The summed E-state index contributed by atoms with van der Waals surface area (Å²) in [5.74, 6) is 1.94. The highest BCUT2D eigenvalue weighted by atomic mass is 16.3. The molecule has 0 unspecified atom stereocenters. The van der Waals surface area contributed by atoms with E-state index in [1.165, 1.54) is 0 Å². The van der Waals surface area contributed by atoms with Crippen molar-refractivity contribution in [3.63, 3.8) is 0 Å². The van der Waals surface area contributed by atoms with Crippen LogP contribution in [0, 0.1) is 13.8 Å². The van der Waals surface area contributed by atoms with Crippen LogP contribution in [0.4, 0.5) is 5.82 Å². The van der Waals surface area contributed by atoms with Gasteiger partial charge in [-0.3, -0.25) is 4.79 Å². The van der Waals surface area contributed by atoms with Gasteiger partial charge in [-0.2, -0.15) is 0 Å². The fraction of sp³-hybridized carbons (Fsp3) is 0.318. The van der Waals surface area contributed by atoms with E-state index in [4.69, 9.17) is 4.42 Å². The van der Waals surface area contributed by atoms with Crippen molar-refractivity contribution in [3.8, 4) is 0 Å². The molecule has 3 aromatic rings. The summed E-state index contributed by atoms with van der Waals surface area (Å²) in [6.45, 7) is 7.61. The quantitative estimate of drug-likeness (QED) is 0.422. The first kappa shape index (κ1) is 20.4. The Hall–Kier alpha value is -3.35. The lowest BCUT2D eigenvalue weighted by Crippen LogP contribution is -2.38. The van der Waals surface area contributed by atoms with E-state index in [-0.39, 0.29) is 5.91 Å². The summed E-state index contributed by atoms with van der Waals surface area (Å²) in [7, 11) is 0. The number of carbonyl (C=O) groups excluding carboxylic acids is 1. The molecule has 7 nitrogen and oxygen atoms in total. The molecule has 0 aliphatic carbocycles. The van der Waals surface area contributed by atoms with Crippen LogP contribution in [0.3, 0.4) is 0 Å². The molecule has 0 fully saturated rings. The highest BCUT2D eigenvalue weighted by Gasteiger charge is 2.10. The highest BCUT2D eigenvalue weighted by molar-refractivity contribution is 5.90. The Morgan fingerprint density at radius 1 is 1.14 bits per heavy atom. The van der Waals surface area contributed by atoms with Gasteiger partial charge in [0.05, 0.1) is 0 Å². The third kappa shape index (κ3) is 5.57. The van der Waals surface area contributed by atoms with Crippen LogP contribution >= 0.6 is 0 Å². The van der Waals surface area contributed by atoms with E-state index in [1.54, 1.807) is 12.3 Å². The van der Waals surface area contributed by atoms with Crippen molar-refractivity contribution in [2.75, 3.05) is 18.4 Å². The number of nitrogens with one attached hydrogen (secondary N) is 3. The molecule has 2 aromatic heterocycles. The summed E-state index contributed by atoms with van der Waals surface area (Å²) < 4.78 is 5.91. The van der Waals surface area contributed by atoms with Crippen LogP contribution in [0.25, 0.3) is 11.0 Å². The minimum Gasteiger partial charge on any atom is -0.459 e. The second kappa shape index (κ2) is 9.73. The van der Waals surface area contributed by atoms with Crippen LogP contribution in [-0.4, -0.2) is 29.9 Å². The van der Waals surface area contributed by atoms with Crippen LogP contribution in [0.1, 0.15) is 30.2 Å². The molecule has 0 aliphatic heterocycles. The number of fused-ring (bicyclic) bond motifs is 1. The summed E-state index contributed by atoms with van der Waals surface area (Å²) in [6.07, 6.45) is 2.04. The Balaban J connectivity index is 1.54. The molecule has 0 radical (unpaired) electrons. The normalized spacial score (nSPS) is 11.5. The molecule has 0 bridgehead atoms. The Morgan fingerprint density at radius 3 is 2.69 bits per heavy atom. The molecule has 1 amide bonds. The van der Waals surface area contributed by atoms with Crippen LogP contribution in [0.5, 0.6) is 0 Å². The van der Waals surface area contributed by atoms with Crippen LogP contribution in [0.2, 0.25) is 0 Å². The second-order valence-electron chi connectivity index (χ2n) is 6.79. The molecule has 1 aromatic carbocycles. The molecule has 152 valence electrons. The van der Waals surface area contributed by atoms with Gasteiger partial charge in [-0.05, 0) is 38.5 Å². The number of furan rings is 1. The van der Waals surface area contributed by atoms with Gasteiger partial charge in [0.15, 0.2) is 5.96 Å². The van der Waals surface area contributed by atoms with Crippen LogP contribution in [-0.2, 0) is 11.3 Å². The van der Waals surface area contributed by atoms with E-state index in [9.17, 15) is 4.79 Å². The molecule has 0 spiro atoms. The minimum atomic E-state index is -0.0992. The predicted octanol–water partition coefficient (Wildman–Crippen LogP) is 3.53. The van der Waals surface area contributed by atoms with Crippen molar-refractivity contribution in [1.29, 1.82) is 0 Å². The maximum absolute atomic E-state index is 12.1. The number of guanidine groups is 1. The molecule has 0 saturated heterocycles. The molecule has 2 heterocycles. The lowest BCUT2D eigenvalue weighted by atomic mass is 10.1. The Bertz CT molecular complexity index is 992. The first-order valence-electron chi connectivity index (χ1n) is 9.78. The molecule has 7 heteroatoms. The van der Waals surface area contributed by atoms with E-state index >= 15 is 0 Å². The van der Waals surface area contributed by atoms with Crippen molar-refractivity contribution in [3.05, 3.63) is 59.5 Å². The number of pyridine rings is 1. The topological polar surface area (TPSA) is 91.5 Å². The van der Waals surface area contributed by atoms with Crippen molar-refractivity contribution >= 4 is 28.7 Å². The van der Waals surface area contributed by atoms with Gasteiger partial charge < -0.3 is 20.4 Å². The third-order valence-corrected chi connectivity index (χ3v) is 4.49. The number of nitrogens with zero attached hydrogens (tertiary/aromatic N) is 2. The average molecular weight is 393 g/mol. The number of amides is 1. The van der Waals surface area contributed by atoms with E-state index in [1.807, 2.05) is 51.1 Å². The first-order chi connectivity index (χ1) is 14.1. The monoisotopic (exact) mass is 393 g/mol. The molecule has 3 rings (SSSR count). The second-order valence-corrected chi connectivity index (χ2v) is 6.79. The number of para-hydroxylation sites is 1.